The number of hydrogen-bond acceptors (Lipinski definition) is 5. The molecule has 0 saturated carbocycles. The summed E-state index contributed by atoms with van der Waals surface area (Å²) in [5, 5.41) is 9.99. The largest absolute Gasteiger partial charge is 0.303 e. The van der Waals surface area contributed by atoms with E-state index in [4.69, 9.17) is 12.2 Å². The molecule has 7 heteroatoms. The third-order valence-electron chi connectivity index (χ3n) is 2.11. The van der Waals surface area contributed by atoms with Crippen molar-refractivity contribution in [2.75, 3.05) is 14.1 Å². The molecule has 1 N–H and O–H groups in total. The highest BCUT2D eigenvalue weighted by atomic mass is 32.1. The molecule has 5 nitrogen and oxygen atoms in total. The Morgan fingerprint density at radius 2 is 2.31 bits per heavy atom. The Hall–Kier alpha value is -1.05. The molecule has 16 heavy (non-hydrogen) atoms. The molecule has 0 bridgehead atoms. The molecule has 86 valence electrons. The Labute approximate surface area is 103 Å². The van der Waals surface area contributed by atoms with Gasteiger partial charge in [-0.15, -0.1) is 11.3 Å². The van der Waals surface area contributed by atoms with Crippen LogP contribution in [0.4, 0.5) is 0 Å². The molecule has 2 aromatic heterocycles. The maximum absolute atomic E-state index is 5.06. The minimum atomic E-state index is 0.608. The molecule has 2 heterocycles. The molecule has 2 rings (SSSR count). The number of H-pyrrole nitrogens is 1. The van der Waals surface area contributed by atoms with Crippen molar-refractivity contribution in [2.45, 2.75) is 6.54 Å². The van der Waals surface area contributed by atoms with Gasteiger partial charge in [0.1, 0.15) is 10.7 Å². The summed E-state index contributed by atoms with van der Waals surface area (Å²) in [6.45, 7) is 0.847. The predicted octanol–water partition coefficient (Wildman–Crippen LogP) is 1.66. The summed E-state index contributed by atoms with van der Waals surface area (Å²) in [5.74, 6) is 0.784. The van der Waals surface area contributed by atoms with E-state index in [1.807, 2.05) is 31.1 Å². The molecule has 0 radical (unpaired) electrons. The zero-order valence-electron chi connectivity index (χ0n) is 9.39. The van der Waals surface area contributed by atoms with Crippen LogP contribution < -0.4 is 0 Å². The van der Waals surface area contributed by atoms with Crippen LogP contribution >= 0.6 is 23.6 Å². The molecule has 0 atom stereocenters. The van der Waals surface area contributed by atoms with Crippen molar-refractivity contribution in [3.05, 3.63) is 15.2 Å². The van der Waals surface area contributed by atoms with Crippen molar-refractivity contribution in [3.63, 3.8) is 0 Å². The van der Waals surface area contributed by atoms with Crippen LogP contribution in [0.15, 0.2) is 5.38 Å². The number of aromatic amines is 1. The Bertz CT molecular complexity index is 536. The predicted molar refractivity (Wildman–Crippen MR) is 66.9 cm³/mol. The maximum Gasteiger partial charge on any atom is 0.195 e. The second-order valence-electron chi connectivity index (χ2n) is 3.78. The van der Waals surface area contributed by atoms with Gasteiger partial charge in [-0.3, -0.25) is 5.10 Å². The molecule has 0 unspecified atom stereocenters. The molecule has 0 aliphatic heterocycles. The van der Waals surface area contributed by atoms with Crippen molar-refractivity contribution in [3.8, 4) is 11.5 Å². The average molecular weight is 255 g/mol. The van der Waals surface area contributed by atoms with Gasteiger partial charge in [0, 0.05) is 19.0 Å². The van der Waals surface area contributed by atoms with Crippen LogP contribution in [0.3, 0.4) is 0 Å². The summed E-state index contributed by atoms with van der Waals surface area (Å²) >= 11 is 6.70. The number of rotatable bonds is 3. The standard InChI is InChI=1S/C9H13N5S2/c1-13(2)4-7-10-6(5-16-7)8-11-12-9(15)14(8)3/h5H,4H2,1-3H3,(H,12,15). The van der Waals surface area contributed by atoms with Gasteiger partial charge in [0.15, 0.2) is 10.6 Å². The summed E-state index contributed by atoms with van der Waals surface area (Å²) in [7, 11) is 5.93. The van der Waals surface area contributed by atoms with E-state index >= 15 is 0 Å². The normalized spacial score (nSPS) is 11.2. The van der Waals surface area contributed by atoms with E-state index in [1.165, 1.54) is 0 Å². The van der Waals surface area contributed by atoms with Crippen LogP contribution in [-0.4, -0.2) is 38.7 Å². The van der Waals surface area contributed by atoms with E-state index in [9.17, 15) is 0 Å². The fourth-order valence-electron chi connectivity index (χ4n) is 1.33. The van der Waals surface area contributed by atoms with Gasteiger partial charge in [0.25, 0.3) is 0 Å². The lowest BCUT2D eigenvalue weighted by Crippen LogP contribution is -2.10. The fourth-order valence-corrected chi connectivity index (χ4v) is 2.35. The second-order valence-corrected chi connectivity index (χ2v) is 5.11. The third kappa shape index (κ3) is 2.21. The number of hydrogen-bond donors (Lipinski definition) is 1. The van der Waals surface area contributed by atoms with Crippen molar-refractivity contribution < 1.29 is 0 Å². The molecular weight excluding hydrogens is 242 g/mol. The van der Waals surface area contributed by atoms with Gasteiger partial charge in [0.05, 0.1) is 0 Å². The smallest absolute Gasteiger partial charge is 0.195 e. The molecule has 0 spiro atoms. The number of nitrogens with zero attached hydrogens (tertiary/aromatic N) is 4. The minimum Gasteiger partial charge on any atom is -0.303 e. The number of nitrogens with one attached hydrogen (secondary N) is 1. The highest BCUT2D eigenvalue weighted by Gasteiger charge is 2.10. The monoisotopic (exact) mass is 255 g/mol. The molecule has 0 aromatic carbocycles. The van der Waals surface area contributed by atoms with Crippen LogP contribution in [0.25, 0.3) is 11.5 Å². The quantitative estimate of drug-likeness (QED) is 0.848. The van der Waals surface area contributed by atoms with E-state index in [1.54, 1.807) is 11.3 Å². The summed E-state index contributed by atoms with van der Waals surface area (Å²) in [4.78, 5) is 6.61. The summed E-state index contributed by atoms with van der Waals surface area (Å²) in [6, 6.07) is 0. The highest BCUT2D eigenvalue weighted by molar-refractivity contribution is 7.71. The third-order valence-corrected chi connectivity index (χ3v) is 3.31. The number of aromatic nitrogens is 4. The van der Waals surface area contributed by atoms with E-state index in [0.717, 1.165) is 23.1 Å². The van der Waals surface area contributed by atoms with E-state index in [2.05, 4.69) is 20.1 Å². The first kappa shape index (κ1) is 11.4. The van der Waals surface area contributed by atoms with Gasteiger partial charge in [0.2, 0.25) is 0 Å². The van der Waals surface area contributed by atoms with Crippen LogP contribution in [0.5, 0.6) is 0 Å². The SMILES string of the molecule is CN(C)Cc1nc(-c2n[nH]c(=S)n2C)cs1. The first-order valence-corrected chi connectivity index (χ1v) is 6.07. The van der Waals surface area contributed by atoms with Crippen LogP contribution in [0.1, 0.15) is 5.01 Å². The number of thiazole rings is 1. The molecule has 0 aliphatic carbocycles. The van der Waals surface area contributed by atoms with Crippen molar-refractivity contribution in [2.24, 2.45) is 7.05 Å². The topological polar surface area (TPSA) is 49.7 Å². The van der Waals surface area contributed by atoms with Gasteiger partial charge >= 0.3 is 0 Å². The zero-order chi connectivity index (χ0) is 11.7. The van der Waals surface area contributed by atoms with Crippen LogP contribution in [-0.2, 0) is 13.6 Å². The molecule has 0 amide bonds. The first-order valence-electron chi connectivity index (χ1n) is 4.79. The average Bonchev–Trinajstić information content (AvgIpc) is 2.75. The lowest BCUT2D eigenvalue weighted by atomic mass is 10.4. The van der Waals surface area contributed by atoms with Crippen molar-refractivity contribution >= 4 is 23.6 Å². The maximum atomic E-state index is 5.06. The Balaban J connectivity index is 2.31. The minimum absolute atomic E-state index is 0.608. The summed E-state index contributed by atoms with van der Waals surface area (Å²) < 4.78 is 2.43. The first-order chi connectivity index (χ1) is 7.58. The van der Waals surface area contributed by atoms with Crippen LogP contribution in [0.2, 0.25) is 0 Å². The Morgan fingerprint density at radius 1 is 1.56 bits per heavy atom. The fraction of sp³-hybridized carbons (Fsp3) is 0.444. The molecule has 0 saturated heterocycles. The lowest BCUT2D eigenvalue weighted by Gasteiger charge is -2.04. The van der Waals surface area contributed by atoms with Crippen LogP contribution in [0, 0.1) is 4.77 Å². The molecule has 0 fully saturated rings. The summed E-state index contributed by atoms with van der Waals surface area (Å²) in [6.07, 6.45) is 0. The lowest BCUT2D eigenvalue weighted by molar-refractivity contribution is 0.401. The highest BCUT2D eigenvalue weighted by Crippen LogP contribution is 2.20. The van der Waals surface area contributed by atoms with Crippen molar-refractivity contribution in [1.82, 2.24) is 24.6 Å². The van der Waals surface area contributed by atoms with Crippen molar-refractivity contribution in [1.29, 1.82) is 0 Å². The van der Waals surface area contributed by atoms with Gasteiger partial charge in [-0.1, -0.05) is 0 Å². The van der Waals surface area contributed by atoms with E-state index in [-0.39, 0.29) is 0 Å². The van der Waals surface area contributed by atoms with Gasteiger partial charge in [-0.25, -0.2) is 4.98 Å². The zero-order valence-corrected chi connectivity index (χ0v) is 11.0. The Kier molecular flexibility index (Phi) is 3.17. The van der Waals surface area contributed by atoms with Gasteiger partial charge < -0.3 is 9.47 Å². The van der Waals surface area contributed by atoms with Gasteiger partial charge in [-0.2, -0.15) is 5.10 Å². The van der Waals surface area contributed by atoms with E-state index in [0.29, 0.717) is 4.77 Å². The molecule has 2 aromatic rings. The molecular formula is C9H13N5S2. The van der Waals surface area contributed by atoms with E-state index < -0.39 is 0 Å². The Morgan fingerprint density at radius 3 is 2.88 bits per heavy atom. The second kappa shape index (κ2) is 4.44. The molecule has 0 aliphatic rings. The van der Waals surface area contributed by atoms with Gasteiger partial charge in [-0.05, 0) is 26.3 Å². The summed E-state index contributed by atoms with van der Waals surface area (Å²) in [5.41, 5.74) is 0.872.